The van der Waals surface area contributed by atoms with Gasteiger partial charge in [-0.15, -0.1) is 11.8 Å². The van der Waals surface area contributed by atoms with Gasteiger partial charge in [-0.25, -0.2) is 4.39 Å². The minimum Gasteiger partial charge on any atom is -0.351 e. The fraction of sp³-hybridized carbons (Fsp3) is 0.188. The summed E-state index contributed by atoms with van der Waals surface area (Å²) in [5.41, 5.74) is 1.71. The van der Waals surface area contributed by atoms with Crippen LogP contribution in [-0.2, 0) is 0 Å². The van der Waals surface area contributed by atoms with E-state index in [2.05, 4.69) is 36.5 Å². The van der Waals surface area contributed by atoms with E-state index in [1.165, 1.54) is 34.7 Å². The fourth-order valence-corrected chi connectivity index (χ4v) is 2.44. The van der Waals surface area contributed by atoms with Crippen LogP contribution in [0.25, 0.3) is 0 Å². The molecule has 0 saturated heterocycles. The molecule has 104 valence electrons. The number of rotatable bonds is 5. The zero-order valence-electron chi connectivity index (χ0n) is 11.2. The SMILES string of the molecule is Cc1ccc(SCCNC(=O)c2ccc(F)cc2)cc1. The summed E-state index contributed by atoms with van der Waals surface area (Å²) in [4.78, 5) is 13.0. The third-order valence-corrected chi connectivity index (χ3v) is 3.80. The lowest BCUT2D eigenvalue weighted by Gasteiger charge is -2.05. The molecule has 2 aromatic carbocycles. The number of carbonyl (C=O) groups excluding carboxylic acids is 1. The van der Waals surface area contributed by atoms with Crippen LogP contribution in [0.15, 0.2) is 53.4 Å². The van der Waals surface area contributed by atoms with Crippen molar-refractivity contribution < 1.29 is 9.18 Å². The summed E-state index contributed by atoms with van der Waals surface area (Å²) in [5, 5.41) is 2.82. The van der Waals surface area contributed by atoms with Crippen LogP contribution in [-0.4, -0.2) is 18.2 Å². The van der Waals surface area contributed by atoms with E-state index in [4.69, 9.17) is 0 Å². The standard InChI is InChI=1S/C16H16FNOS/c1-12-2-8-15(9-3-12)20-11-10-18-16(19)13-4-6-14(17)7-5-13/h2-9H,10-11H2,1H3,(H,18,19). The first-order valence-electron chi connectivity index (χ1n) is 6.38. The maximum absolute atomic E-state index is 12.7. The summed E-state index contributed by atoms with van der Waals surface area (Å²) in [7, 11) is 0. The van der Waals surface area contributed by atoms with Gasteiger partial charge in [-0.1, -0.05) is 17.7 Å². The van der Waals surface area contributed by atoms with Gasteiger partial charge in [-0.05, 0) is 43.3 Å². The van der Waals surface area contributed by atoms with Gasteiger partial charge >= 0.3 is 0 Å². The minimum atomic E-state index is -0.337. The Balaban J connectivity index is 1.74. The average molecular weight is 289 g/mol. The molecule has 0 atom stereocenters. The molecule has 0 unspecified atom stereocenters. The van der Waals surface area contributed by atoms with Gasteiger partial charge in [-0.3, -0.25) is 4.79 Å². The number of halogens is 1. The topological polar surface area (TPSA) is 29.1 Å². The number of hydrogen-bond acceptors (Lipinski definition) is 2. The molecule has 0 aliphatic rings. The fourth-order valence-electron chi connectivity index (χ4n) is 1.67. The van der Waals surface area contributed by atoms with Crippen LogP contribution in [0.3, 0.4) is 0 Å². The summed E-state index contributed by atoms with van der Waals surface area (Å²) in [6, 6.07) is 13.8. The number of thioether (sulfide) groups is 1. The number of aryl methyl sites for hydroxylation is 1. The van der Waals surface area contributed by atoms with Crippen LogP contribution in [0.1, 0.15) is 15.9 Å². The Hall–Kier alpha value is -1.81. The number of hydrogen-bond donors (Lipinski definition) is 1. The van der Waals surface area contributed by atoms with Gasteiger partial charge in [-0.2, -0.15) is 0 Å². The van der Waals surface area contributed by atoms with Crippen LogP contribution in [0, 0.1) is 12.7 Å². The molecular weight excluding hydrogens is 273 g/mol. The molecule has 2 rings (SSSR count). The van der Waals surface area contributed by atoms with Crippen molar-refractivity contribution in [2.24, 2.45) is 0 Å². The van der Waals surface area contributed by atoms with E-state index in [-0.39, 0.29) is 11.7 Å². The third kappa shape index (κ3) is 4.38. The highest BCUT2D eigenvalue weighted by Gasteiger charge is 2.04. The molecule has 20 heavy (non-hydrogen) atoms. The van der Waals surface area contributed by atoms with Gasteiger partial charge in [0.2, 0.25) is 0 Å². The molecule has 0 aliphatic heterocycles. The van der Waals surface area contributed by atoms with Crippen molar-refractivity contribution in [3.63, 3.8) is 0 Å². The zero-order valence-corrected chi connectivity index (χ0v) is 12.0. The average Bonchev–Trinajstić information content (AvgIpc) is 2.46. The normalized spacial score (nSPS) is 10.3. The van der Waals surface area contributed by atoms with Crippen molar-refractivity contribution in [3.05, 3.63) is 65.5 Å². The Kier molecular flexibility index (Phi) is 5.18. The summed E-state index contributed by atoms with van der Waals surface area (Å²) in [6.07, 6.45) is 0. The van der Waals surface area contributed by atoms with Crippen LogP contribution < -0.4 is 5.32 Å². The van der Waals surface area contributed by atoms with E-state index in [1.807, 2.05) is 0 Å². The maximum Gasteiger partial charge on any atom is 0.251 e. The van der Waals surface area contributed by atoms with Crippen molar-refractivity contribution in [2.75, 3.05) is 12.3 Å². The monoisotopic (exact) mass is 289 g/mol. The summed E-state index contributed by atoms with van der Waals surface area (Å²) in [6.45, 7) is 2.63. The van der Waals surface area contributed by atoms with Crippen molar-refractivity contribution in [2.45, 2.75) is 11.8 Å². The van der Waals surface area contributed by atoms with E-state index < -0.39 is 0 Å². The van der Waals surface area contributed by atoms with Gasteiger partial charge < -0.3 is 5.32 Å². The second kappa shape index (κ2) is 7.10. The van der Waals surface area contributed by atoms with Gasteiger partial charge in [0.15, 0.2) is 0 Å². The van der Waals surface area contributed by atoms with E-state index in [1.54, 1.807) is 11.8 Å². The molecule has 0 saturated carbocycles. The Morgan fingerprint density at radius 1 is 1.10 bits per heavy atom. The maximum atomic E-state index is 12.7. The number of amides is 1. The molecule has 0 heterocycles. The lowest BCUT2D eigenvalue weighted by Crippen LogP contribution is -2.25. The second-order valence-corrected chi connectivity index (χ2v) is 5.59. The molecular formula is C16H16FNOS. The molecule has 2 nitrogen and oxygen atoms in total. The molecule has 0 radical (unpaired) electrons. The van der Waals surface area contributed by atoms with Crippen molar-refractivity contribution in [1.82, 2.24) is 5.32 Å². The van der Waals surface area contributed by atoms with Crippen LogP contribution >= 0.6 is 11.8 Å². The van der Waals surface area contributed by atoms with E-state index >= 15 is 0 Å². The molecule has 0 aromatic heterocycles. The van der Waals surface area contributed by atoms with E-state index in [0.717, 1.165) is 5.75 Å². The molecule has 0 bridgehead atoms. The first-order valence-corrected chi connectivity index (χ1v) is 7.37. The van der Waals surface area contributed by atoms with Crippen molar-refractivity contribution in [3.8, 4) is 0 Å². The quantitative estimate of drug-likeness (QED) is 0.672. The highest BCUT2D eigenvalue weighted by Crippen LogP contribution is 2.17. The number of benzene rings is 2. The first kappa shape index (κ1) is 14.6. The molecule has 1 N–H and O–H groups in total. The molecule has 1 amide bonds. The molecule has 0 aliphatic carbocycles. The minimum absolute atomic E-state index is 0.172. The summed E-state index contributed by atoms with van der Waals surface area (Å²) < 4.78 is 12.7. The highest BCUT2D eigenvalue weighted by atomic mass is 32.2. The summed E-state index contributed by atoms with van der Waals surface area (Å²) >= 11 is 1.69. The van der Waals surface area contributed by atoms with Crippen LogP contribution in [0.2, 0.25) is 0 Å². The largest absolute Gasteiger partial charge is 0.351 e. The second-order valence-electron chi connectivity index (χ2n) is 4.42. The van der Waals surface area contributed by atoms with Gasteiger partial charge in [0, 0.05) is 22.8 Å². The molecule has 4 heteroatoms. The molecule has 2 aromatic rings. The number of carbonyl (C=O) groups is 1. The third-order valence-electron chi connectivity index (χ3n) is 2.78. The molecule has 0 spiro atoms. The smallest absolute Gasteiger partial charge is 0.251 e. The summed E-state index contributed by atoms with van der Waals surface area (Å²) in [5.74, 6) is 0.293. The van der Waals surface area contributed by atoms with Crippen LogP contribution in [0.4, 0.5) is 4.39 Å². The Bertz CT molecular complexity index is 566. The Morgan fingerprint density at radius 3 is 2.40 bits per heavy atom. The van der Waals surface area contributed by atoms with Gasteiger partial charge in [0.1, 0.15) is 5.82 Å². The highest BCUT2D eigenvalue weighted by molar-refractivity contribution is 7.99. The van der Waals surface area contributed by atoms with Crippen LogP contribution in [0.5, 0.6) is 0 Å². The molecule has 0 fully saturated rings. The lowest BCUT2D eigenvalue weighted by molar-refractivity contribution is 0.0956. The number of nitrogens with one attached hydrogen (secondary N) is 1. The zero-order chi connectivity index (χ0) is 14.4. The van der Waals surface area contributed by atoms with E-state index in [0.29, 0.717) is 12.1 Å². The van der Waals surface area contributed by atoms with E-state index in [9.17, 15) is 9.18 Å². The Labute approximate surface area is 122 Å². The Morgan fingerprint density at radius 2 is 1.75 bits per heavy atom. The van der Waals surface area contributed by atoms with Crippen molar-refractivity contribution >= 4 is 17.7 Å². The van der Waals surface area contributed by atoms with Crippen molar-refractivity contribution in [1.29, 1.82) is 0 Å². The predicted octanol–water partition coefficient (Wildman–Crippen LogP) is 3.66. The van der Waals surface area contributed by atoms with Gasteiger partial charge in [0.25, 0.3) is 5.91 Å². The lowest BCUT2D eigenvalue weighted by atomic mass is 10.2. The van der Waals surface area contributed by atoms with Gasteiger partial charge in [0.05, 0.1) is 0 Å². The predicted molar refractivity (Wildman–Crippen MR) is 80.6 cm³/mol. The first-order chi connectivity index (χ1) is 9.65.